The van der Waals surface area contributed by atoms with Crippen molar-refractivity contribution in [3.8, 4) is 11.3 Å². The lowest BCUT2D eigenvalue weighted by Crippen LogP contribution is -2.60. The fourth-order valence-electron chi connectivity index (χ4n) is 3.42. The van der Waals surface area contributed by atoms with Gasteiger partial charge >= 0.3 is 6.18 Å². The number of rotatable bonds is 2. The van der Waals surface area contributed by atoms with Gasteiger partial charge in [-0.1, -0.05) is 0 Å². The molecule has 3 heterocycles. The van der Waals surface area contributed by atoms with Crippen molar-refractivity contribution in [3.63, 3.8) is 0 Å². The molecule has 1 saturated heterocycles. The Kier molecular flexibility index (Phi) is 2.84. The predicted octanol–water partition coefficient (Wildman–Crippen LogP) is 2.89. The Balaban J connectivity index is 1.71. The van der Waals surface area contributed by atoms with Crippen LogP contribution in [0.3, 0.4) is 0 Å². The van der Waals surface area contributed by atoms with Crippen LogP contribution >= 0.6 is 0 Å². The molecule has 1 N–H and O–H groups in total. The van der Waals surface area contributed by atoms with Gasteiger partial charge in [-0.25, -0.2) is 0 Å². The van der Waals surface area contributed by atoms with Crippen molar-refractivity contribution in [1.29, 1.82) is 0 Å². The molecular formula is C15H15F3N4. The first-order valence-corrected chi connectivity index (χ1v) is 7.25. The van der Waals surface area contributed by atoms with E-state index in [2.05, 4.69) is 15.4 Å². The van der Waals surface area contributed by atoms with Crippen molar-refractivity contribution in [2.75, 3.05) is 13.1 Å². The Labute approximate surface area is 125 Å². The minimum absolute atomic E-state index is 0.0356. The SMILES string of the molecule is FC(F)(F)c1cc(-c2cccnc2)n(C2CC3(CNC3)C2)n1. The molecule has 22 heavy (non-hydrogen) atoms. The third kappa shape index (κ3) is 2.11. The van der Waals surface area contributed by atoms with Crippen LogP contribution in [0.25, 0.3) is 11.3 Å². The Morgan fingerprint density at radius 3 is 2.59 bits per heavy atom. The summed E-state index contributed by atoms with van der Waals surface area (Å²) < 4.78 is 40.6. The summed E-state index contributed by atoms with van der Waals surface area (Å²) in [5.74, 6) is 0. The summed E-state index contributed by atoms with van der Waals surface area (Å²) in [6.07, 6.45) is 0.514. The summed E-state index contributed by atoms with van der Waals surface area (Å²) in [6, 6.07) is 4.65. The minimum atomic E-state index is -4.43. The van der Waals surface area contributed by atoms with E-state index in [1.54, 1.807) is 29.2 Å². The highest BCUT2D eigenvalue weighted by molar-refractivity contribution is 5.59. The number of hydrogen-bond acceptors (Lipinski definition) is 3. The minimum Gasteiger partial charge on any atom is -0.316 e. The Morgan fingerprint density at radius 2 is 2.05 bits per heavy atom. The van der Waals surface area contributed by atoms with Gasteiger partial charge in [0.25, 0.3) is 0 Å². The van der Waals surface area contributed by atoms with Crippen LogP contribution in [0.1, 0.15) is 24.6 Å². The van der Waals surface area contributed by atoms with E-state index in [-0.39, 0.29) is 11.5 Å². The average Bonchev–Trinajstić information content (AvgIpc) is 2.81. The molecule has 0 amide bonds. The van der Waals surface area contributed by atoms with E-state index in [9.17, 15) is 13.2 Å². The van der Waals surface area contributed by atoms with Gasteiger partial charge in [-0.15, -0.1) is 0 Å². The highest BCUT2D eigenvalue weighted by Crippen LogP contribution is 2.52. The Morgan fingerprint density at radius 1 is 1.27 bits per heavy atom. The van der Waals surface area contributed by atoms with Crippen molar-refractivity contribution in [2.45, 2.75) is 25.1 Å². The highest BCUT2D eigenvalue weighted by Gasteiger charge is 2.50. The number of nitrogens with one attached hydrogen (secondary N) is 1. The highest BCUT2D eigenvalue weighted by atomic mass is 19.4. The number of pyridine rings is 1. The van der Waals surface area contributed by atoms with Gasteiger partial charge in [0.15, 0.2) is 5.69 Å². The lowest BCUT2D eigenvalue weighted by molar-refractivity contribution is -0.141. The molecule has 7 heteroatoms. The Hall–Kier alpha value is -1.89. The van der Waals surface area contributed by atoms with Crippen LogP contribution in [0.5, 0.6) is 0 Å². The zero-order valence-corrected chi connectivity index (χ0v) is 11.8. The fourth-order valence-corrected chi connectivity index (χ4v) is 3.42. The van der Waals surface area contributed by atoms with Gasteiger partial charge in [-0.05, 0) is 36.5 Å². The molecule has 1 spiro atoms. The molecule has 0 radical (unpaired) electrons. The molecule has 1 saturated carbocycles. The van der Waals surface area contributed by atoms with E-state index in [4.69, 9.17) is 0 Å². The average molecular weight is 308 g/mol. The number of hydrogen-bond donors (Lipinski definition) is 1. The van der Waals surface area contributed by atoms with E-state index in [0.29, 0.717) is 11.3 Å². The van der Waals surface area contributed by atoms with Gasteiger partial charge in [-0.3, -0.25) is 9.67 Å². The lowest BCUT2D eigenvalue weighted by atomic mass is 9.61. The maximum atomic E-state index is 13.0. The molecule has 4 rings (SSSR count). The van der Waals surface area contributed by atoms with Crippen LogP contribution in [-0.4, -0.2) is 27.9 Å². The van der Waals surface area contributed by atoms with Crippen molar-refractivity contribution < 1.29 is 13.2 Å². The van der Waals surface area contributed by atoms with E-state index >= 15 is 0 Å². The standard InChI is InChI=1S/C15H15F3N4/c16-15(17,18)13-4-12(10-2-1-3-19-7-10)22(21-13)11-5-14(6-11)8-20-9-14/h1-4,7,11,20H,5-6,8-9H2. The smallest absolute Gasteiger partial charge is 0.316 e. The lowest BCUT2D eigenvalue weighted by Gasteiger charge is -2.54. The molecule has 4 nitrogen and oxygen atoms in total. The van der Waals surface area contributed by atoms with Gasteiger partial charge in [0.05, 0.1) is 11.7 Å². The van der Waals surface area contributed by atoms with Crippen LogP contribution in [0.4, 0.5) is 13.2 Å². The monoisotopic (exact) mass is 308 g/mol. The third-order valence-electron chi connectivity index (χ3n) is 4.67. The first-order chi connectivity index (χ1) is 10.5. The Bertz CT molecular complexity index is 681. The van der Waals surface area contributed by atoms with Gasteiger partial charge in [-0.2, -0.15) is 18.3 Å². The summed E-state index contributed by atoms with van der Waals surface area (Å²) in [7, 11) is 0. The van der Waals surface area contributed by atoms with Gasteiger partial charge in [0.1, 0.15) is 0 Å². The molecule has 116 valence electrons. The van der Waals surface area contributed by atoms with Gasteiger partial charge < -0.3 is 5.32 Å². The molecule has 2 fully saturated rings. The molecule has 0 atom stereocenters. The number of nitrogens with zero attached hydrogens (tertiary/aromatic N) is 3. The van der Waals surface area contributed by atoms with Crippen molar-refractivity contribution in [3.05, 3.63) is 36.3 Å². The van der Waals surface area contributed by atoms with Crippen LogP contribution in [0.2, 0.25) is 0 Å². The topological polar surface area (TPSA) is 42.7 Å². The number of aromatic nitrogens is 3. The molecule has 0 unspecified atom stereocenters. The molecule has 2 aromatic heterocycles. The summed E-state index contributed by atoms with van der Waals surface area (Å²) in [5, 5.41) is 7.08. The second-order valence-electron chi connectivity index (χ2n) is 6.26. The molecule has 0 aromatic carbocycles. The summed E-state index contributed by atoms with van der Waals surface area (Å²) in [6.45, 7) is 1.91. The van der Waals surface area contributed by atoms with Crippen LogP contribution in [0, 0.1) is 5.41 Å². The van der Waals surface area contributed by atoms with Crippen molar-refractivity contribution in [2.24, 2.45) is 5.41 Å². The fraction of sp³-hybridized carbons (Fsp3) is 0.467. The largest absolute Gasteiger partial charge is 0.435 e. The third-order valence-corrected chi connectivity index (χ3v) is 4.67. The van der Waals surface area contributed by atoms with E-state index < -0.39 is 11.9 Å². The van der Waals surface area contributed by atoms with E-state index in [0.717, 1.165) is 32.0 Å². The van der Waals surface area contributed by atoms with Gasteiger partial charge in [0.2, 0.25) is 0 Å². The molecular weight excluding hydrogens is 293 g/mol. The molecule has 2 aliphatic rings. The summed E-state index contributed by atoms with van der Waals surface area (Å²) >= 11 is 0. The van der Waals surface area contributed by atoms with Gasteiger partial charge in [0, 0.05) is 31.0 Å². The molecule has 1 aliphatic carbocycles. The van der Waals surface area contributed by atoms with E-state index in [1.807, 2.05) is 0 Å². The van der Waals surface area contributed by atoms with Crippen LogP contribution in [-0.2, 0) is 6.18 Å². The summed E-state index contributed by atoms with van der Waals surface area (Å²) in [4.78, 5) is 4.00. The van der Waals surface area contributed by atoms with Crippen molar-refractivity contribution in [1.82, 2.24) is 20.1 Å². The van der Waals surface area contributed by atoms with Crippen LogP contribution in [0.15, 0.2) is 30.6 Å². The maximum Gasteiger partial charge on any atom is 0.435 e. The molecule has 1 aliphatic heterocycles. The first kappa shape index (κ1) is 13.8. The number of halogens is 3. The predicted molar refractivity (Wildman–Crippen MR) is 74.0 cm³/mol. The quantitative estimate of drug-likeness (QED) is 0.927. The normalized spacial score (nSPS) is 20.7. The summed E-state index contributed by atoms with van der Waals surface area (Å²) in [5.41, 5.74) is 0.603. The second kappa shape index (κ2) is 4.55. The molecule has 0 bridgehead atoms. The van der Waals surface area contributed by atoms with Crippen molar-refractivity contribution >= 4 is 0 Å². The maximum absolute atomic E-state index is 13.0. The zero-order chi connectivity index (χ0) is 15.4. The second-order valence-corrected chi connectivity index (χ2v) is 6.26. The van der Waals surface area contributed by atoms with Crippen LogP contribution < -0.4 is 5.32 Å². The zero-order valence-electron chi connectivity index (χ0n) is 11.8. The first-order valence-electron chi connectivity index (χ1n) is 7.25. The van der Waals surface area contributed by atoms with E-state index in [1.165, 1.54) is 0 Å². The molecule has 2 aromatic rings. The number of alkyl halides is 3.